The van der Waals surface area contributed by atoms with E-state index < -0.39 is 12.8 Å². The van der Waals surface area contributed by atoms with Gasteiger partial charge in [-0.1, -0.05) is 11.6 Å². The van der Waals surface area contributed by atoms with Crippen molar-refractivity contribution in [2.75, 3.05) is 6.61 Å². The van der Waals surface area contributed by atoms with Crippen molar-refractivity contribution in [3.05, 3.63) is 22.8 Å². The van der Waals surface area contributed by atoms with Crippen LogP contribution in [-0.2, 0) is 0 Å². The largest absolute Gasteiger partial charge is 0.468 e. The number of ether oxygens (including phenoxy) is 1. The van der Waals surface area contributed by atoms with E-state index in [2.05, 4.69) is 9.72 Å². The van der Waals surface area contributed by atoms with E-state index in [1.54, 1.807) is 6.07 Å². The first-order chi connectivity index (χ1) is 6.90. The third kappa shape index (κ3) is 4.04. The lowest BCUT2D eigenvalue weighted by Crippen LogP contribution is -2.19. The molecule has 0 amide bonds. The van der Waals surface area contributed by atoms with Crippen LogP contribution in [-0.4, -0.2) is 17.8 Å². The average Bonchev–Trinajstić information content (AvgIpc) is 2.13. The van der Waals surface area contributed by atoms with Gasteiger partial charge in [0.25, 0.3) is 0 Å². The Bertz CT molecular complexity index is 400. The van der Waals surface area contributed by atoms with Gasteiger partial charge in [0, 0.05) is 6.07 Å². The molecule has 1 aromatic heterocycles. The van der Waals surface area contributed by atoms with E-state index in [1.807, 2.05) is 0 Å². The van der Waals surface area contributed by atoms with Gasteiger partial charge >= 0.3 is 6.18 Å². The van der Waals surface area contributed by atoms with E-state index in [4.69, 9.17) is 16.9 Å². The Kier molecular flexibility index (Phi) is 3.37. The van der Waals surface area contributed by atoms with E-state index >= 15 is 0 Å². The number of hydrogen-bond acceptors (Lipinski definition) is 3. The standard InChI is InChI=1S/C8H4ClF3N2O/c9-6-1-5(3-13)2-7(14-6)15-4-8(10,11)12/h1-2H,4H2. The molecule has 0 fully saturated rings. The predicted octanol–water partition coefficient (Wildman–Crippen LogP) is 2.55. The number of nitriles is 1. The molecule has 80 valence electrons. The molecule has 1 rings (SSSR count). The molecule has 0 radical (unpaired) electrons. The summed E-state index contributed by atoms with van der Waals surface area (Å²) in [4.78, 5) is 3.48. The highest BCUT2D eigenvalue weighted by Crippen LogP contribution is 2.19. The summed E-state index contributed by atoms with van der Waals surface area (Å²) in [5, 5.41) is 8.41. The molecule has 0 unspecified atom stereocenters. The fraction of sp³-hybridized carbons (Fsp3) is 0.250. The smallest absolute Gasteiger partial charge is 0.422 e. The summed E-state index contributed by atoms with van der Waals surface area (Å²) in [5.41, 5.74) is 0.0900. The van der Waals surface area contributed by atoms with Gasteiger partial charge in [-0.05, 0) is 6.07 Å². The molecule has 15 heavy (non-hydrogen) atoms. The van der Waals surface area contributed by atoms with Crippen LogP contribution in [0.15, 0.2) is 12.1 Å². The number of aromatic nitrogens is 1. The van der Waals surface area contributed by atoms with Crippen molar-refractivity contribution in [3.63, 3.8) is 0 Å². The number of nitrogens with zero attached hydrogens (tertiary/aromatic N) is 2. The van der Waals surface area contributed by atoms with Gasteiger partial charge in [-0.25, -0.2) is 4.98 Å². The zero-order valence-electron chi connectivity index (χ0n) is 7.18. The molecule has 7 heteroatoms. The summed E-state index contributed by atoms with van der Waals surface area (Å²) < 4.78 is 39.6. The summed E-state index contributed by atoms with van der Waals surface area (Å²) in [6, 6.07) is 4.02. The Labute approximate surface area is 88.1 Å². The summed E-state index contributed by atoms with van der Waals surface area (Å²) in [7, 11) is 0. The number of rotatable bonds is 2. The lowest BCUT2D eigenvalue weighted by Gasteiger charge is -2.08. The van der Waals surface area contributed by atoms with Gasteiger partial charge in [0.05, 0.1) is 11.6 Å². The van der Waals surface area contributed by atoms with Crippen LogP contribution in [0.1, 0.15) is 5.56 Å². The molecule has 0 aromatic carbocycles. The first kappa shape index (κ1) is 11.6. The van der Waals surface area contributed by atoms with Crippen LogP contribution in [0.4, 0.5) is 13.2 Å². The Hall–Kier alpha value is -1.48. The van der Waals surface area contributed by atoms with Gasteiger partial charge in [-0.15, -0.1) is 0 Å². The van der Waals surface area contributed by atoms with Crippen molar-refractivity contribution in [2.24, 2.45) is 0 Å². The monoisotopic (exact) mass is 236 g/mol. The molecule has 0 aliphatic heterocycles. The van der Waals surface area contributed by atoms with Gasteiger partial charge < -0.3 is 4.74 Å². The van der Waals surface area contributed by atoms with Gasteiger partial charge in [-0.2, -0.15) is 18.4 Å². The van der Waals surface area contributed by atoms with Crippen molar-refractivity contribution in [1.29, 1.82) is 5.26 Å². The number of alkyl halides is 3. The Morgan fingerprint density at radius 3 is 2.67 bits per heavy atom. The molecule has 0 bridgehead atoms. The summed E-state index contributed by atoms with van der Waals surface area (Å²) >= 11 is 5.46. The third-order valence-corrected chi connectivity index (χ3v) is 1.48. The first-order valence-corrected chi connectivity index (χ1v) is 4.06. The van der Waals surface area contributed by atoms with Gasteiger partial charge in [0.2, 0.25) is 5.88 Å². The minimum Gasteiger partial charge on any atom is -0.468 e. The summed E-state index contributed by atoms with van der Waals surface area (Å²) in [6.07, 6.45) is -4.45. The molecule has 0 aliphatic carbocycles. The highest BCUT2D eigenvalue weighted by atomic mass is 35.5. The molecule has 0 N–H and O–H groups in total. The van der Waals surface area contributed by atoms with Crippen molar-refractivity contribution in [1.82, 2.24) is 4.98 Å². The lowest BCUT2D eigenvalue weighted by molar-refractivity contribution is -0.154. The zero-order valence-corrected chi connectivity index (χ0v) is 7.93. The van der Waals surface area contributed by atoms with E-state index in [-0.39, 0.29) is 16.6 Å². The van der Waals surface area contributed by atoms with Crippen LogP contribution < -0.4 is 4.74 Å². The predicted molar refractivity (Wildman–Crippen MR) is 45.5 cm³/mol. The highest BCUT2D eigenvalue weighted by Gasteiger charge is 2.28. The maximum absolute atomic E-state index is 11.8. The van der Waals surface area contributed by atoms with Crippen molar-refractivity contribution in [3.8, 4) is 11.9 Å². The quantitative estimate of drug-likeness (QED) is 0.742. The Balaban J connectivity index is 2.78. The normalized spacial score (nSPS) is 10.9. The fourth-order valence-corrected chi connectivity index (χ4v) is 0.968. The Morgan fingerprint density at radius 2 is 2.13 bits per heavy atom. The maximum atomic E-state index is 11.8. The average molecular weight is 237 g/mol. The maximum Gasteiger partial charge on any atom is 0.422 e. The van der Waals surface area contributed by atoms with E-state index in [9.17, 15) is 13.2 Å². The number of halogens is 4. The van der Waals surface area contributed by atoms with E-state index in [1.165, 1.54) is 6.07 Å². The first-order valence-electron chi connectivity index (χ1n) is 3.68. The molecule has 1 aromatic rings. The zero-order chi connectivity index (χ0) is 11.5. The van der Waals surface area contributed by atoms with Gasteiger partial charge in [0.1, 0.15) is 5.15 Å². The van der Waals surface area contributed by atoms with Crippen molar-refractivity contribution < 1.29 is 17.9 Å². The summed E-state index contributed by atoms with van der Waals surface area (Å²) in [6.45, 7) is -1.47. The number of pyridine rings is 1. The molecule has 0 aliphatic rings. The molecule has 0 saturated heterocycles. The minimum atomic E-state index is -4.45. The van der Waals surface area contributed by atoms with Crippen LogP contribution in [0.25, 0.3) is 0 Å². The minimum absolute atomic E-state index is 0.0900. The second-order valence-electron chi connectivity index (χ2n) is 2.53. The van der Waals surface area contributed by atoms with Crippen LogP contribution in [0, 0.1) is 11.3 Å². The second-order valence-corrected chi connectivity index (χ2v) is 2.92. The van der Waals surface area contributed by atoms with Gasteiger partial charge in [-0.3, -0.25) is 0 Å². The molecular weight excluding hydrogens is 233 g/mol. The molecule has 1 heterocycles. The second kappa shape index (κ2) is 4.36. The van der Waals surface area contributed by atoms with Crippen LogP contribution in [0.5, 0.6) is 5.88 Å². The lowest BCUT2D eigenvalue weighted by atomic mass is 10.3. The molecule has 0 saturated carbocycles. The highest BCUT2D eigenvalue weighted by molar-refractivity contribution is 6.29. The van der Waals surface area contributed by atoms with Crippen molar-refractivity contribution >= 4 is 11.6 Å². The molecule has 0 spiro atoms. The topological polar surface area (TPSA) is 45.9 Å². The molecule has 3 nitrogen and oxygen atoms in total. The van der Waals surface area contributed by atoms with Crippen molar-refractivity contribution in [2.45, 2.75) is 6.18 Å². The van der Waals surface area contributed by atoms with Crippen LogP contribution in [0.2, 0.25) is 5.15 Å². The Morgan fingerprint density at radius 1 is 1.47 bits per heavy atom. The van der Waals surface area contributed by atoms with Crippen LogP contribution in [0.3, 0.4) is 0 Å². The van der Waals surface area contributed by atoms with E-state index in [0.717, 1.165) is 6.07 Å². The summed E-state index contributed by atoms with van der Waals surface area (Å²) in [5.74, 6) is -0.323. The number of hydrogen-bond donors (Lipinski definition) is 0. The van der Waals surface area contributed by atoms with E-state index in [0.29, 0.717) is 0 Å². The third-order valence-electron chi connectivity index (χ3n) is 1.28. The van der Waals surface area contributed by atoms with Gasteiger partial charge in [0.15, 0.2) is 6.61 Å². The SMILES string of the molecule is N#Cc1cc(Cl)nc(OCC(F)(F)F)c1. The van der Waals surface area contributed by atoms with Crippen LogP contribution >= 0.6 is 11.6 Å². The molecule has 0 atom stereocenters. The fourth-order valence-electron chi connectivity index (χ4n) is 0.767. The molecular formula is C8H4ClF3N2O.